The first-order valence-corrected chi connectivity index (χ1v) is 10.2. The molecular formula is C21H33IN6. The van der Waals surface area contributed by atoms with Crippen LogP contribution in [0.1, 0.15) is 38.1 Å². The quantitative estimate of drug-likeness (QED) is 0.363. The minimum atomic E-state index is 0. The molecule has 1 fully saturated rings. The van der Waals surface area contributed by atoms with Crippen LogP contribution < -0.4 is 5.32 Å². The molecule has 7 heteroatoms. The molecule has 0 amide bonds. The molecule has 1 aromatic carbocycles. The third-order valence-corrected chi connectivity index (χ3v) is 5.24. The summed E-state index contributed by atoms with van der Waals surface area (Å²) in [4.78, 5) is 7.33. The lowest BCUT2D eigenvalue weighted by Gasteiger charge is -2.33. The fourth-order valence-electron chi connectivity index (χ4n) is 3.45. The van der Waals surface area contributed by atoms with Crippen molar-refractivity contribution in [1.82, 2.24) is 25.0 Å². The Labute approximate surface area is 185 Å². The van der Waals surface area contributed by atoms with E-state index in [2.05, 4.69) is 69.2 Å². The largest absolute Gasteiger partial charge is 0.354 e. The monoisotopic (exact) mass is 496 g/mol. The van der Waals surface area contributed by atoms with E-state index in [0.717, 1.165) is 63.3 Å². The van der Waals surface area contributed by atoms with E-state index in [1.54, 1.807) is 0 Å². The smallest absolute Gasteiger partial charge is 0.193 e. The first-order valence-electron chi connectivity index (χ1n) is 10.2. The van der Waals surface area contributed by atoms with Gasteiger partial charge in [-0.15, -0.1) is 34.2 Å². The van der Waals surface area contributed by atoms with Gasteiger partial charge in [0.1, 0.15) is 12.2 Å². The summed E-state index contributed by atoms with van der Waals surface area (Å²) in [5.41, 5.74) is 1.34. The van der Waals surface area contributed by atoms with Crippen molar-refractivity contribution in [2.75, 3.05) is 26.2 Å². The number of halogens is 1. The lowest BCUT2D eigenvalue weighted by molar-refractivity contribution is 0.273. The molecule has 3 rings (SSSR count). The van der Waals surface area contributed by atoms with E-state index >= 15 is 0 Å². The molecule has 0 unspecified atom stereocenters. The Morgan fingerprint density at radius 1 is 1.21 bits per heavy atom. The van der Waals surface area contributed by atoms with Gasteiger partial charge in [0.05, 0.1) is 0 Å². The topological polar surface area (TPSA) is 58.3 Å². The second-order valence-corrected chi connectivity index (χ2v) is 7.33. The molecule has 1 N–H and O–H groups in total. The Bertz CT molecular complexity index is 707. The van der Waals surface area contributed by atoms with Gasteiger partial charge in [-0.1, -0.05) is 44.2 Å². The number of aliphatic imine (C=N–C) groups is 1. The fourth-order valence-corrected chi connectivity index (χ4v) is 3.45. The van der Waals surface area contributed by atoms with Gasteiger partial charge < -0.3 is 14.8 Å². The van der Waals surface area contributed by atoms with Crippen LogP contribution in [0.4, 0.5) is 0 Å². The van der Waals surface area contributed by atoms with E-state index in [4.69, 9.17) is 4.99 Å². The minimum Gasteiger partial charge on any atom is -0.354 e. The third kappa shape index (κ3) is 6.76. The number of piperidine rings is 1. The molecule has 0 saturated carbocycles. The van der Waals surface area contributed by atoms with Crippen molar-refractivity contribution in [1.29, 1.82) is 0 Å². The van der Waals surface area contributed by atoms with E-state index < -0.39 is 0 Å². The molecule has 0 radical (unpaired) electrons. The summed E-state index contributed by atoms with van der Waals surface area (Å²) >= 11 is 0. The number of likely N-dealkylation sites (tertiary alicyclic amines) is 1. The number of hydrogen-bond donors (Lipinski definition) is 1. The van der Waals surface area contributed by atoms with E-state index in [9.17, 15) is 0 Å². The van der Waals surface area contributed by atoms with E-state index in [1.165, 1.54) is 18.4 Å². The average molecular weight is 496 g/mol. The number of rotatable bonds is 7. The normalized spacial score (nSPS) is 15.4. The molecule has 0 aliphatic carbocycles. The summed E-state index contributed by atoms with van der Waals surface area (Å²) in [6.07, 6.45) is 6.18. The van der Waals surface area contributed by atoms with Crippen LogP contribution in [0, 0.1) is 5.92 Å². The van der Waals surface area contributed by atoms with Gasteiger partial charge >= 0.3 is 0 Å². The first-order chi connectivity index (χ1) is 13.3. The van der Waals surface area contributed by atoms with Gasteiger partial charge in [-0.25, -0.2) is 0 Å². The number of hydrogen-bond acceptors (Lipinski definition) is 3. The van der Waals surface area contributed by atoms with Crippen molar-refractivity contribution >= 4 is 29.9 Å². The number of aryl methyl sites for hydroxylation is 1. The average Bonchev–Trinajstić information content (AvgIpc) is 3.16. The number of nitrogens with one attached hydrogen (secondary N) is 1. The van der Waals surface area contributed by atoms with E-state index in [-0.39, 0.29) is 24.0 Å². The summed E-state index contributed by atoms with van der Waals surface area (Å²) in [6, 6.07) is 10.6. The Balaban J connectivity index is 0.00000280. The molecule has 0 atom stereocenters. The Hall–Kier alpha value is -1.64. The molecular weight excluding hydrogens is 463 g/mol. The predicted octanol–water partition coefficient (Wildman–Crippen LogP) is 3.38. The van der Waals surface area contributed by atoms with Crippen LogP contribution in [-0.2, 0) is 19.4 Å². The maximum atomic E-state index is 4.92. The van der Waals surface area contributed by atoms with Gasteiger partial charge in [-0.05, 0) is 30.7 Å². The lowest BCUT2D eigenvalue weighted by atomic mass is 10.00. The van der Waals surface area contributed by atoms with Crippen LogP contribution >= 0.6 is 24.0 Å². The molecule has 2 heterocycles. The molecule has 0 spiro atoms. The SMILES string of the molecule is CCc1nncn1CCNC(=NCCc1ccccc1)N1CCC(C)CC1.I. The van der Waals surface area contributed by atoms with Crippen molar-refractivity contribution < 1.29 is 0 Å². The number of nitrogens with zero attached hydrogens (tertiary/aromatic N) is 5. The number of aromatic nitrogens is 3. The van der Waals surface area contributed by atoms with Gasteiger partial charge in [-0.3, -0.25) is 4.99 Å². The predicted molar refractivity (Wildman–Crippen MR) is 125 cm³/mol. The van der Waals surface area contributed by atoms with Crippen molar-refractivity contribution in [2.24, 2.45) is 10.9 Å². The first kappa shape index (κ1) is 22.6. The van der Waals surface area contributed by atoms with Crippen molar-refractivity contribution in [2.45, 2.75) is 46.1 Å². The van der Waals surface area contributed by atoms with Gasteiger partial charge in [0.25, 0.3) is 0 Å². The highest BCUT2D eigenvalue weighted by atomic mass is 127. The summed E-state index contributed by atoms with van der Waals surface area (Å²) in [7, 11) is 0. The van der Waals surface area contributed by atoms with Crippen molar-refractivity contribution in [3.05, 3.63) is 48.0 Å². The molecule has 1 aliphatic rings. The zero-order valence-electron chi connectivity index (χ0n) is 17.0. The fraction of sp³-hybridized carbons (Fsp3) is 0.571. The van der Waals surface area contributed by atoms with E-state index in [1.807, 2.05) is 6.33 Å². The zero-order chi connectivity index (χ0) is 18.9. The Kier molecular flexibility index (Phi) is 9.73. The van der Waals surface area contributed by atoms with Gasteiger partial charge in [0.2, 0.25) is 0 Å². The standard InChI is InChI=1S/C21H32N6.HI/c1-3-20-25-24-17-27(20)16-13-23-21(26-14-10-18(2)11-15-26)22-12-9-19-7-5-4-6-8-19;/h4-8,17-18H,3,9-16H2,1-2H3,(H,22,23);1H. The maximum Gasteiger partial charge on any atom is 0.193 e. The van der Waals surface area contributed by atoms with Crippen LogP contribution in [0.25, 0.3) is 0 Å². The highest BCUT2D eigenvalue weighted by Gasteiger charge is 2.18. The molecule has 1 saturated heterocycles. The van der Waals surface area contributed by atoms with Crippen LogP contribution in [0.2, 0.25) is 0 Å². The number of benzene rings is 1. The van der Waals surface area contributed by atoms with E-state index in [0.29, 0.717) is 0 Å². The second-order valence-electron chi connectivity index (χ2n) is 7.33. The van der Waals surface area contributed by atoms with Crippen molar-refractivity contribution in [3.8, 4) is 0 Å². The van der Waals surface area contributed by atoms with Gasteiger partial charge in [-0.2, -0.15) is 0 Å². The minimum absolute atomic E-state index is 0. The second kappa shape index (κ2) is 12.0. The van der Waals surface area contributed by atoms with Crippen LogP contribution in [-0.4, -0.2) is 51.8 Å². The van der Waals surface area contributed by atoms with Gasteiger partial charge in [0, 0.05) is 39.1 Å². The van der Waals surface area contributed by atoms with Gasteiger partial charge in [0.15, 0.2) is 5.96 Å². The highest BCUT2D eigenvalue weighted by Crippen LogP contribution is 2.16. The zero-order valence-corrected chi connectivity index (χ0v) is 19.4. The Morgan fingerprint density at radius 3 is 2.68 bits per heavy atom. The van der Waals surface area contributed by atoms with Crippen LogP contribution in [0.3, 0.4) is 0 Å². The summed E-state index contributed by atoms with van der Waals surface area (Å²) < 4.78 is 2.12. The van der Waals surface area contributed by atoms with Crippen molar-refractivity contribution in [3.63, 3.8) is 0 Å². The molecule has 0 bridgehead atoms. The Morgan fingerprint density at radius 2 is 1.96 bits per heavy atom. The summed E-state index contributed by atoms with van der Waals surface area (Å²) in [5.74, 6) is 2.89. The highest BCUT2D eigenvalue weighted by molar-refractivity contribution is 14.0. The summed E-state index contributed by atoms with van der Waals surface area (Å²) in [6.45, 7) is 9.13. The molecule has 1 aromatic heterocycles. The molecule has 28 heavy (non-hydrogen) atoms. The number of guanidine groups is 1. The molecule has 154 valence electrons. The summed E-state index contributed by atoms with van der Waals surface area (Å²) in [5, 5.41) is 11.8. The third-order valence-electron chi connectivity index (χ3n) is 5.24. The van der Waals surface area contributed by atoms with Crippen LogP contribution in [0.5, 0.6) is 0 Å². The molecule has 6 nitrogen and oxygen atoms in total. The molecule has 1 aliphatic heterocycles. The molecule has 2 aromatic rings. The van der Waals surface area contributed by atoms with Crippen LogP contribution in [0.15, 0.2) is 41.7 Å². The lowest BCUT2D eigenvalue weighted by Crippen LogP contribution is -2.46. The maximum absolute atomic E-state index is 4.92.